The number of piperazine rings is 1. The lowest BCUT2D eigenvalue weighted by Crippen LogP contribution is -2.50. The van der Waals surface area contributed by atoms with E-state index in [0.29, 0.717) is 19.7 Å². The minimum Gasteiger partial charge on any atom is -0.383 e. The molecule has 1 amide bonds. The van der Waals surface area contributed by atoms with Gasteiger partial charge in [-0.15, -0.1) is 24.8 Å². The van der Waals surface area contributed by atoms with Gasteiger partial charge in [0.15, 0.2) is 0 Å². The number of imidazole rings is 1. The van der Waals surface area contributed by atoms with Crippen molar-refractivity contribution < 1.29 is 9.53 Å². The minimum absolute atomic E-state index is 0. The van der Waals surface area contributed by atoms with Gasteiger partial charge in [0.2, 0.25) is 11.9 Å². The third-order valence-electron chi connectivity index (χ3n) is 3.68. The van der Waals surface area contributed by atoms with Crippen LogP contribution in [0.5, 0.6) is 0 Å². The summed E-state index contributed by atoms with van der Waals surface area (Å²) in [5.41, 5.74) is 0. The van der Waals surface area contributed by atoms with Crippen LogP contribution < -0.4 is 10.2 Å². The Morgan fingerprint density at radius 2 is 2.00 bits per heavy atom. The summed E-state index contributed by atoms with van der Waals surface area (Å²) in [7, 11) is 1.63. The van der Waals surface area contributed by atoms with Crippen LogP contribution >= 0.6 is 24.8 Å². The molecule has 7 nitrogen and oxygen atoms in total. The molecule has 0 spiro atoms. The largest absolute Gasteiger partial charge is 0.383 e. The number of hydrogen-bond acceptors (Lipinski definition) is 5. The summed E-state index contributed by atoms with van der Waals surface area (Å²) >= 11 is 0. The fourth-order valence-electron chi connectivity index (χ4n) is 2.49. The van der Waals surface area contributed by atoms with E-state index in [0.717, 1.165) is 38.7 Å². The highest BCUT2D eigenvalue weighted by Crippen LogP contribution is 2.13. The SMILES string of the molecule is CCn1ccnc1N1CCN(CC(=O)NCCOC)CC1.Cl.Cl. The zero-order valence-corrected chi connectivity index (χ0v) is 15.4. The topological polar surface area (TPSA) is 62.6 Å². The first-order valence-corrected chi connectivity index (χ1v) is 7.48. The Balaban J connectivity index is 0.00000242. The highest BCUT2D eigenvalue weighted by Gasteiger charge is 2.21. The number of hydrogen-bond donors (Lipinski definition) is 1. The number of rotatable bonds is 7. The van der Waals surface area contributed by atoms with Gasteiger partial charge in [-0.25, -0.2) is 4.98 Å². The minimum atomic E-state index is 0. The van der Waals surface area contributed by atoms with Gasteiger partial charge in [0.25, 0.3) is 0 Å². The number of aryl methyl sites for hydroxylation is 1. The summed E-state index contributed by atoms with van der Waals surface area (Å²) in [5.74, 6) is 1.09. The van der Waals surface area contributed by atoms with E-state index in [9.17, 15) is 4.79 Å². The van der Waals surface area contributed by atoms with Gasteiger partial charge < -0.3 is 19.5 Å². The normalized spacial score (nSPS) is 14.8. The Bertz CT molecular complexity index is 450. The van der Waals surface area contributed by atoms with Gasteiger partial charge in [-0.1, -0.05) is 0 Å². The van der Waals surface area contributed by atoms with Crippen molar-refractivity contribution in [3.63, 3.8) is 0 Å². The average molecular weight is 368 g/mol. The van der Waals surface area contributed by atoms with Crippen LogP contribution in [0.4, 0.5) is 5.95 Å². The molecule has 1 fully saturated rings. The molecule has 0 saturated carbocycles. The molecule has 0 unspecified atom stereocenters. The van der Waals surface area contributed by atoms with Crippen molar-refractivity contribution in [1.29, 1.82) is 0 Å². The van der Waals surface area contributed by atoms with E-state index >= 15 is 0 Å². The van der Waals surface area contributed by atoms with Crippen molar-refractivity contribution in [1.82, 2.24) is 19.8 Å². The van der Waals surface area contributed by atoms with Gasteiger partial charge in [0.05, 0.1) is 13.2 Å². The number of anilines is 1. The molecule has 9 heteroatoms. The van der Waals surface area contributed by atoms with Crippen LogP contribution in [0.1, 0.15) is 6.92 Å². The number of aromatic nitrogens is 2. The lowest BCUT2D eigenvalue weighted by atomic mass is 10.3. The maximum atomic E-state index is 11.8. The second-order valence-electron chi connectivity index (χ2n) is 5.12. The Morgan fingerprint density at radius 1 is 1.30 bits per heavy atom. The van der Waals surface area contributed by atoms with Crippen LogP contribution in [-0.2, 0) is 16.1 Å². The van der Waals surface area contributed by atoms with Crippen molar-refractivity contribution in [3.05, 3.63) is 12.4 Å². The van der Waals surface area contributed by atoms with Crippen LogP contribution in [0.25, 0.3) is 0 Å². The van der Waals surface area contributed by atoms with Crippen molar-refractivity contribution in [2.24, 2.45) is 0 Å². The molecule has 2 rings (SSSR count). The van der Waals surface area contributed by atoms with Crippen LogP contribution in [-0.4, -0.2) is 73.3 Å². The van der Waals surface area contributed by atoms with Crippen LogP contribution in [0.3, 0.4) is 0 Å². The number of nitrogens with zero attached hydrogens (tertiary/aromatic N) is 4. The molecule has 1 aromatic rings. The molecule has 1 aliphatic heterocycles. The number of amides is 1. The van der Waals surface area contributed by atoms with E-state index < -0.39 is 0 Å². The molecule has 0 aromatic carbocycles. The number of carbonyl (C=O) groups is 1. The fraction of sp³-hybridized carbons (Fsp3) is 0.714. The van der Waals surface area contributed by atoms with E-state index in [4.69, 9.17) is 4.74 Å². The molecule has 2 heterocycles. The monoisotopic (exact) mass is 367 g/mol. The Morgan fingerprint density at radius 3 is 2.61 bits per heavy atom. The van der Waals surface area contributed by atoms with Gasteiger partial charge >= 0.3 is 0 Å². The lowest BCUT2D eigenvalue weighted by molar-refractivity contribution is -0.122. The third-order valence-corrected chi connectivity index (χ3v) is 3.68. The smallest absolute Gasteiger partial charge is 0.234 e. The van der Waals surface area contributed by atoms with Gasteiger partial charge in [0.1, 0.15) is 0 Å². The lowest BCUT2D eigenvalue weighted by Gasteiger charge is -2.35. The molecule has 0 bridgehead atoms. The number of ether oxygens (including phenoxy) is 1. The van der Waals surface area contributed by atoms with Gasteiger partial charge in [0, 0.05) is 58.8 Å². The first-order chi connectivity index (χ1) is 10.2. The van der Waals surface area contributed by atoms with Crippen LogP contribution in [0.2, 0.25) is 0 Å². The van der Waals surface area contributed by atoms with Crippen molar-refractivity contribution in [2.75, 3.05) is 57.9 Å². The van der Waals surface area contributed by atoms with Crippen molar-refractivity contribution in [2.45, 2.75) is 13.5 Å². The van der Waals surface area contributed by atoms with Gasteiger partial charge in [-0.3, -0.25) is 9.69 Å². The molecule has 1 aromatic heterocycles. The number of nitrogens with one attached hydrogen (secondary N) is 1. The first kappa shape index (κ1) is 22.0. The Labute approximate surface area is 150 Å². The van der Waals surface area contributed by atoms with E-state index in [1.807, 2.05) is 12.4 Å². The average Bonchev–Trinajstić information content (AvgIpc) is 2.97. The Kier molecular flexibility index (Phi) is 11.0. The van der Waals surface area contributed by atoms with E-state index in [1.165, 1.54) is 0 Å². The second-order valence-corrected chi connectivity index (χ2v) is 5.12. The first-order valence-electron chi connectivity index (χ1n) is 7.48. The summed E-state index contributed by atoms with van der Waals surface area (Å²) < 4.78 is 7.06. The molecule has 1 aliphatic rings. The second kappa shape index (κ2) is 11.5. The van der Waals surface area contributed by atoms with Crippen molar-refractivity contribution >= 4 is 36.7 Å². The highest BCUT2D eigenvalue weighted by atomic mass is 35.5. The summed E-state index contributed by atoms with van der Waals surface area (Å²) in [5, 5.41) is 2.85. The van der Waals surface area contributed by atoms with E-state index in [-0.39, 0.29) is 30.7 Å². The molecular weight excluding hydrogens is 341 g/mol. The van der Waals surface area contributed by atoms with Gasteiger partial charge in [-0.2, -0.15) is 0 Å². The zero-order valence-electron chi connectivity index (χ0n) is 13.7. The number of halogens is 2. The Hall–Kier alpha value is -1.02. The third kappa shape index (κ3) is 6.55. The fourth-order valence-corrected chi connectivity index (χ4v) is 2.49. The maximum Gasteiger partial charge on any atom is 0.234 e. The maximum absolute atomic E-state index is 11.8. The van der Waals surface area contributed by atoms with Gasteiger partial charge in [-0.05, 0) is 6.92 Å². The molecular formula is C14H27Cl2N5O2. The molecule has 1 N–H and O–H groups in total. The summed E-state index contributed by atoms with van der Waals surface area (Å²) in [6.45, 7) is 8.21. The number of methoxy groups -OCH3 is 1. The molecule has 1 saturated heterocycles. The number of carbonyl (C=O) groups excluding carboxylic acids is 1. The van der Waals surface area contributed by atoms with Crippen molar-refractivity contribution in [3.8, 4) is 0 Å². The standard InChI is InChI=1S/C14H25N5O2.2ClH/c1-3-18-6-4-16-14(18)19-9-7-17(8-10-19)12-13(20)15-5-11-21-2;;/h4,6H,3,5,7-12H2,1-2H3,(H,15,20);2*1H. The van der Waals surface area contributed by atoms with E-state index in [2.05, 4.69) is 31.6 Å². The highest BCUT2D eigenvalue weighted by molar-refractivity contribution is 5.85. The molecule has 23 heavy (non-hydrogen) atoms. The molecule has 0 aliphatic carbocycles. The van der Waals surface area contributed by atoms with Crippen LogP contribution in [0, 0.1) is 0 Å². The quantitative estimate of drug-likeness (QED) is 0.716. The zero-order chi connectivity index (χ0) is 15.1. The van der Waals surface area contributed by atoms with E-state index in [1.54, 1.807) is 7.11 Å². The summed E-state index contributed by atoms with van der Waals surface area (Å²) in [6.07, 6.45) is 3.85. The molecule has 134 valence electrons. The molecule has 0 radical (unpaired) electrons. The van der Waals surface area contributed by atoms with Crippen LogP contribution in [0.15, 0.2) is 12.4 Å². The predicted octanol–water partition coefficient (Wildman–Crippen LogP) is 0.631. The predicted molar refractivity (Wildman–Crippen MR) is 95.9 cm³/mol. The summed E-state index contributed by atoms with van der Waals surface area (Å²) in [6, 6.07) is 0. The molecule has 0 atom stereocenters. The summed E-state index contributed by atoms with van der Waals surface area (Å²) in [4.78, 5) is 20.6.